The van der Waals surface area contributed by atoms with Crippen LogP contribution in [0.4, 0.5) is 0 Å². The maximum absolute atomic E-state index is 12.4. The van der Waals surface area contributed by atoms with Crippen LogP contribution in [0.2, 0.25) is 0 Å². The fourth-order valence-corrected chi connectivity index (χ4v) is 3.51. The second-order valence-electron chi connectivity index (χ2n) is 7.70. The lowest BCUT2D eigenvalue weighted by Crippen LogP contribution is -2.32. The zero-order valence-electron chi connectivity index (χ0n) is 16.1. The SMILES string of the molecule is CCOC(=O)/C=C1\CC=CC(C)(C)CC1(C)COC(=O)c1ccccc1. The van der Waals surface area contributed by atoms with Crippen molar-refractivity contribution in [2.24, 2.45) is 10.8 Å². The Balaban J connectivity index is 2.22. The summed E-state index contributed by atoms with van der Waals surface area (Å²) in [5.41, 5.74) is 0.958. The number of allylic oxidation sites excluding steroid dienone is 2. The van der Waals surface area contributed by atoms with E-state index in [1.165, 1.54) is 0 Å². The lowest BCUT2D eigenvalue weighted by molar-refractivity contribution is -0.137. The van der Waals surface area contributed by atoms with Crippen LogP contribution in [0.3, 0.4) is 0 Å². The fraction of sp³-hybridized carbons (Fsp3) is 0.455. The minimum Gasteiger partial charge on any atom is -0.463 e. The Morgan fingerprint density at radius 2 is 1.81 bits per heavy atom. The van der Waals surface area contributed by atoms with E-state index in [-0.39, 0.29) is 24.0 Å². The van der Waals surface area contributed by atoms with Gasteiger partial charge in [-0.15, -0.1) is 0 Å². The van der Waals surface area contributed by atoms with Gasteiger partial charge in [0.25, 0.3) is 0 Å². The molecule has 0 fully saturated rings. The van der Waals surface area contributed by atoms with Gasteiger partial charge in [-0.3, -0.25) is 0 Å². The molecule has 0 amide bonds. The number of ether oxygens (including phenoxy) is 2. The van der Waals surface area contributed by atoms with E-state index in [9.17, 15) is 9.59 Å². The summed E-state index contributed by atoms with van der Waals surface area (Å²) in [6, 6.07) is 8.95. The molecule has 1 aliphatic rings. The molecule has 0 radical (unpaired) electrons. The molecule has 0 bridgehead atoms. The van der Waals surface area contributed by atoms with E-state index in [4.69, 9.17) is 9.47 Å². The van der Waals surface area contributed by atoms with E-state index in [0.29, 0.717) is 18.6 Å². The first-order chi connectivity index (χ1) is 12.3. The van der Waals surface area contributed by atoms with Gasteiger partial charge in [-0.25, -0.2) is 9.59 Å². The van der Waals surface area contributed by atoms with Crippen LogP contribution in [0.1, 0.15) is 50.9 Å². The van der Waals surface area contributed by atoms with Gasteiger partial charge in [0, 0.05) is 11.5 Å². The number of rotatable bonds is 5. The van der Waals surface area contributed by atoms with E-state index in [1.807, 2.05) is 25.1 Å². The molecule has 0 spiro atoms. The zero-order chi connectivity index (χ0) is 19.2. The predicted molar refractivity (Wildman–Crippen MR) is 102 cm³/mol. The second kappa shape index (κ2) is 8.35. The van der Waals surface area contributed by atoms with Crippen LogP contribution in [-0.4, -0.2) is 25.2 Å². The summed E-state index contributed by atoms with van der Waals surface area (Å²) >= 11 is 0. The van der Waals surface area contributed by atoms with Gasteiger partial charge in [-0.1, -0.05) is 51.1 Å². The Hall–Kier alpha value is -2.36. The fourth-order valence-electron chi connectivity index (χ4n) is 3.51. The van der Waals surface area contributed by atoms with Crippen molar-refractivity contribution in [2.75, 3.05) is 13.2 Å². The largest absolute Gasteiger partial charge is 0.463 e. The summed E-state index contributed by atoms with van der Waals surface area (Å²) in [4.78, 5) is 24.4. The molecule has 1 aromatic rings. The van der Waals surface area contributed by atoms with Gasteiger partial charge >= 0.3 is 11.9 Å². The van der Waals surface area contributed by atoms with Crippen molar-refractivity contribution in [1.82, 2.24) is 0 Å². The van der Waals surface area contributed by atoms with Crippen LogP contribution in [0.15, 0.2) is 54.1 Å². The minimum atomic E-state index is -0.440. The third-order valence-corrected chi connectivity index (χ3v) is 4.64. The van der Waals surface area contributed by atoms with E-state index in [2.05, 4.69) is 26.0 Å². The summed E-state index contributed by atoms with van der Waals surface area (Å²) in [7, 11) is 0. The first-order valence-electron chi connectivity index (χ1n) is 9.03. The number of carbonyl (C=O) groups excluding carboxylic acids is 2. The Bertz CT molecular complexity index is 700. The highest BCUT2D eigenvalue weighted by atomic mass is 16.5. The molecule has 4 nitrogen and oxygen atoms in total. The average molecular weight is 356 g/mol. The van der Waals surface area contributed by atoms with Crippen LogP contribution in [-0.2, 0) is 14.3 Å². The van der Waals surface area contributed by atoms with Gasteiger partial charge in [0.2, 0.25) is 0 Å². The molecular formula is C22H28O4. The van der Waals surface area contributed by atoms with Gasteiger partial charge in [0.1, 0.15) is 6.61 Å². The van der Waals surface area contributed by atoms with Crippen LogP contribution in [0, 0.1) is 10.8 Å². The summed E-state index contributed by atoms with van der Waals surface area (Å²) in [5, 5.41) is 0. The third kappa shape index (κ3) is 5.32. The van der Waals surface area contributed by atoms with E-state index < -0.39 is 5.41 Å². The zero-order valence-corrected chi connectivity index (χ0v) is 16.1. The van der Waals surface area contributed by atoms with Gasteiger partial charge in [0.15, 0.2) is 0 Å². The lowest BCUT2D eigenvalue weighted by atomic mass is 9.71. The molecule has 26 heavy (non-hydrogen) atoms. The van der Waals surface area contributed by atoms with Crippen molar-refractivity contribution in [3.8, 4) is 0 Å². The molecule has 4 heteroatoms. The van der Waals surface area contributed by atoms with Crippen LogP contribution < -0.4 is 0 Å². The maximum atomic E-state index is 12.4. The van der Waals surface area contributed by atoms with Crippen molar-refractivity contribution >= 4 is 11.9 Å². The van der Waals surface area contributed by atoms with Crippen molar-refractivity contribution in [3.05, 3.63) is 59.7 Å². The maximum Gasteiger partial charge on any atom is 0.338 e. The molecule has 140 valence electrons. The standard InChI is InChI=1S/C22H28O4/c1-5-25-19(23)14-18-12-9-13-21(2,3)15-22(18,4)16-26-20(24)17-10-7-6-8-11-17/h6-11,13-14H,5,12,15-16H2,1-4H3/b18-14+. The van der Waals surface area contributed by atoms with Crippen molar-refractivity contribution < 1.29 is 19.1 Å². The van der Waals surface area contributed by atoms with Gasteiger partial charge < -0.3 is 9.47 Å². The number of hydrogen-bond donors (Lipinski definition) is 0. The summed E-state index contributed by atoms with van der Waals surface area (Å²) < 4.78 is 10.7. The molecule has 0 aliphatic heterocycles. The first kappa shape index (κ1) is 20.0. The predicted octanol–water partition coefficient (Wildman–Crippen LogP) is 4.72. The van der Waals surface area contributed by atoms with Crippen molar-refractivity contribution in [1.29, 1.82) is 0 Å². The number of esters is 2. The number of hydrogen-bond acceptors (Lipinski definition) is 4. The van der Waals surface area contributed by atoms with Crippen molar-refractivity contribution in [2.45, 2.75) is 40.5 Å². The Morgan fingerprint density at radius 3 is 2.46 bits per heavy atom. The highest BCUT2D eigenvalue weighted by Crippen LogP contribution is 2.44. The first-order valence-corrected chi connectivity index (χ1v) is 9.03. The van der Waals surface area contributed by atoms with Gasteiger partial charge in [-0.2, -0.15) is 0 Å². The lowest BCUT2D eigenvalue weighted by Gasteiger charge is -2.35. The Kier molecular flexibility index (Phi) is 6.41. The summed E-state index contributed by atoms with van der Waals surface area (Å²) in [6.45, 7) is 8.68. The Morgan fingerprint density at radius 1 is 1.12 bits per heavy atom. The normalized spacial score (nSPS) is 23.3. The monoisotopic (exact) mass is 356 g/mol. The number of carbonyl (C=O) groups is 2. The van der Waals surface area contributed by atoms with Crippen molar-refractivity contribution in [3.63, 3.8) is 0 Å². The highest BCUT2D eigenvalue weighted by Gasteiger charge is 2.37. The third-order valence-electron chi connectivity index (χ3n) is 4.64. The van der Waals surface area contributed by atoms with Gasteiger partial charge in [0.05, 0.1) is 12.2 Å². The molecule has 0 saturated heterocycles. The van der Waals surface area contributed by atoms with Crippen LogP contribution in [0.25, 0.3) is 0 Å². The summed E-state index contributed by atoms with van der Waals surface area (Å²) in [6.07, 6.45) is 7.21. The molecule has 0 N–H and O–H groups in total. The molecule has 2 rings (SSSR count). The minimum absolute atomic E-state index is 0.0574. The molecule has 1 atom stereocenters. The van der Waals surface area contributed by atoms with Crippen LogP contribution in [0.5, 0.6) is 0 Å². The molecule has 0 heterocycles. The quantitative estimate of drug-likeness (QED) is 0.435. The second-order valence-corrected chi connectivity index (χ2v) is 7.70. The van der Waals surface area contributed by atoms with Gasteiger partial charge in [-0.05, 0) is 42.9 Å². The van der Waals surface area contributed by atoms with E-state index in [0.717, 1.165) is 12.0 Å². The average Bonchev–Trinajstić information content (AvgIpc) is 2.70. The molecule has 0 saturated carbocycles. The van der Waals surface area contributed by atoms with Crippen LogP contribution >= 0.6 is 0 Å². The van der Waals surface area contributed by atoms with E-state index in [1.54, 1.807) is 25.1 Å². The number of benzene rings is 1. The van der Waals surface area contributed by atoms with E-state index >= 15 is 0 Å². The molecule has 1 unspecified atom stereocenters. The molecule has 0 aromatic heterocycles. The smallest absolute Gasteiger partial charge is 0.338 e. The molecular weight excluding hydrogens is 328 g/mol. The summed E-state index contributed by atoms with van der Waals surface area (Å²) in [5.74, 6) is -0.700. The Labute approximate surface area is 155 Å². The highest BCUT2D eigenvalue weighted by molar-refractivity contribution is 5.89. The molecule has 1 aromatic carbocycles. The topological polar surface area (TPSA) is 52.6 Å². The molecule has 1 aliphatic carbocycles.